The van der Waals surface area contributed by atoms with Gasteiger partial charge in [-0.2, -0.15) is 0 Å². The Labute approximate surface area is 258 Å². The van der Waals surface area contributed by atoms with Crippen LogP contribution in [0.2, 0.25) is 0 Å². The highest BCUT2D eigenvalue weighted by molar-refractivity contribution is 6.00. The number of aryl methyl sites for hydroxylation is 1. The lowest BCUT2D eigenvalue weighted by Crippen LogP contribution is -2.47. The second kappa shape index (κ2) is 14.8. The summed E-state index contributed by atoms with van der Waals surface area (Å²) in [4.78, 5) is 50.1. The molecule has 2 saturated heterocycles. The minimum absolute atomic E-state index is 0.0380. The summed E-state index contributed by atoms with van der Waals surface area (Å²) < 4.78 is 10.6. The van der Waals surface area contributed by atoms with Gasteiger partial charge in [-0.25, -0.2) is 0 Å². The van der Waals surface area contributed by atoms with Gasteiger partial charge in [-0.1, -0.05) is 0 Å². The Hall–Kier alpha value is -3.07. The van der Waals surface area contributed by atoms with Crippen molar-refractivity contribution in [2.24, 2.45) is 0 Å². The Morgan fingerprint density at radius 3 is 1.80 bits per heavy atom. The van der Waals surface area contributed by atoms with Gasteiger partial charge in [0.2, 0.25) is 0 Å². The van der Waals surface area contributed by atoms with Crippen LogP contribution in [0.1, 0.15) is 53.7 Å². The number of ether oxygens (including phenoxy) is 2. The summed E-state index contributed by atoms with van der Waals surface area (Å²) in [6.45, 7) is 13.0. The molecule has 4 aliphatic heterocycles. The van der Waals surface area contributed by atoms with Crippen LogP contribution in [-0.2, 0) is 22.3 Å². The van der Waals surface area contributed by atoms with E-state index in [4.69, 9.17) is 9.47 Å². The van der Waals surface area contributed by atoms with Gasteiger partial charge in [0.1, 0.15) is 0 Å². The van der Waals surface area contributed by atoms with Gasteiger partial charge in [0.05, 0.1) is 55.5 Å². The number of β-amino-alcohol motifs (C(OH)–C–C–N with tert-alkyl or cyclic N) is 2. The average Bonchev–Trinajstić information content (AvgIpc) is 3.56. The number of carbonyl (C=O) groups is 3. The summed E-state index contributed by atoms with van der Waals surface area (Å²) in [5.74, 6) is -0.0647. The zero-order valence-corrected chi connectivity index (χ0v) is 25.8. The van der Waals surface area contributed by atoms with E-state index >= 15 is 0 Å². The number of aldehydes is 1. The highest BCUT2D eigenvalue weighted by atomic mass is 16.5. The zero-order chi connectivity index (χ0) is 31.2. The van der Waals surface area contributed by atoms with Crippen molar-refractivity contribution in [2.75, 3.05) is 91.9 Å². The van der Waals surface area contributed by atoms with Gasteiger partial charge in [-0.15, -0.1) is 0 Å². The molecule has 2 fully saturated rings. The molecule has 0 saturated carbocycles. The molecule has 242 valence electrons. The van der Waals surface area contributed by atoms with E-state index < -0.39 is 12.2 Å². The Balaban J connectivity index is 0.000000175. The molecule has 0 aliphatic carbocycles. The number of hydrogen-bond acceptors (Lipinski definition) is 9. The summed E-state index contributed by atoms with van der Waals surface area (Å²) in [6.07, 6.45) is 3.06. The maximum Gasteiger partial charge on any atom is 0.256 e. The topological polar surface area (TPSA) is 155 Å². The van der Waals surface area contributed by atoms with Gasteiger partial charge in [0, 0.05) is 95.9 Å². The second-order valence-corrected chi connectivity index (χ2v) is 12.1. The van der Waals surface area contributed by atoms with E-state index in [1.54, 1.807) is 16.7 Å². The van der Waals surface area contributed by atoms with E-state index in [1.165, 1.54) is 0 Å². The second-order valence-electron chi connectivity index (χ2n) is 12.1. The number of morpholine rings is 2. The maximum absolute atomic E-state index is 12.6. The summed E-state index contributed by atoms with van der Waals surface area (Å²) in [7, 11) is 0. The summed E-state index contributed by atoms with van der Waals surface area (Å²) in [5.41, 5.74) is 5.40. The van der Waals surface area contributed by atoms with E-state index in [9.17, 15) is 24.6 Å². The van der Waals surface area contributed by atoms with Crippen molar-refractivity contribution >= 4 is 18.1 Å². The lowest BCUT2D eigenvalue weighted by atomic mass is 10.0. The first-order valence-electron chi connectivity index (χ1n) is 15.6. The van der Waals surface area contributed by atoms with Crippen LogP contribution >= 0.6 is 0 Å². The van der Waals surface area contributed by atoms with Gasteiger partial charge in [0.15, 0.2) is 6.29 Å². The van der Waals surface area contributed by atoms with Crippen molar-refractivity contribution in [3.63, 3.8) is 0 Å². The molecule has 0 spiro atoms. The number of amides is 2. The molecule has 44 heavy (non-hydrogen) atoms. The molecule has 2 atom stereocenters. The fourth-order valence-electron chi connectivity index (χ4n) is 6.50. The largest absolute Gasteiger partial charge is 0.390 e. The van der Waals surface area contributed by atoms with Gasteiger partial charge >= 0.3 is 0 Å². The van der Waals surface area contributed by atoms with Crippen molar-refractivity contribution in [3.05, 3.63) is 45.5 Å². The standard InChI is InChI=1S/C16H23N3O4.C15H23N3O3/c1-11-14(10-20)17-13-2-3-19(16(22)15(11)13)9-12(21)8-18-4-6-23-7-5-18;1-11-8-16-13-2-3-18(15(20)14(11)13)10-12(19)9-17-4-6-21-7-5-17/h10,12,17,21H,2-9H2,1H3;8,12,16,19H,2-7,9-10H2,1H3. The summed E-state index contributed by atoms with van der Waals surface area (Å²) >= 11 is 0. The number of aromatic amines is 2. The molecule has 4 aliphatic rings. The van der Waals surface area contributed by atoms with Crippen LogP contribution in [0.3, 0.4) is 0 Å². The number of aliphatic hydroxyl groups excluding tert-OH is 2. The third kappa shape index (κ3) is 7.59. The number of rotatable bonds is 9. The predicted octanol–water partition coefficient (Wildman–Crippen LogP) is -0.158. The third-order valence-electron chi connectivity index (χ3n) is 8.92. The van der Waals surface area contributed by atoms with Crippen molar-refractivity contribution in [1.82, 2.24) is 29.6 Å². The quantitative estimate of drug-likeness (QED) is 0.282. The molecule has 2 aromatic heterocycles. The fourth-order valence-corrected chi connectivity index (χ4v) is 6.50. The number of hydrogen-bond donors (Lipinski definition) is 4. The van der Waals surface area contributed by atoms with Crippen molar-refractivity contribution in [1.29, 1.82) is 0 Å². The Morgan fingerprint density at radius 1 is 0.773 bits per heavy atom. The van der Waals surface area contributed by atoms with Crippen LogP contribution in [0.15, 0.2) is 6.20 Å². The molecule has 0 bridgehead atoms. The first-order chi connectivity index (χ1) is 21.2. The van der Waals surface area contributed by atoms with E-state index in [2.05, 4.69) is 19.8 Å². The van der Waals surface area contributed by atoms with Crippen LogP contribution < -0.4 is 0 Å². The molecule has 4 N–H and O–H groups in total. The third-order valence-corrected chi connectivity index (χ3v) is 8.92. The number of aromatic nitrogens is 2. The highest BCUT2D eigenvalue weighted by Crippen LogP contribution is 2.25. The minimum atomic E-state index is -0.580. The van der Waals surface area contributed by atoms with E-state index in [0.717, 1.165) is 74.6 Å². The van der Waals surface area contributed by atoms with Gasteiger partial charge in [-0.05, 0) is 25.0 Å². The van der Waals surface area contributed by atoms with Crippen LogP contribution in [0, 0.1) is 13.8 Å². The number of H-pyrrole nitrogens is 2. The normalized spacial score (nSPS) is 20.9. The first kappa shape index (κ1) is 32.3. The molecule has 2 amide bonds. The molecule has 2 unspecified atom stereocenters. The Kier molecular flexibility index (Phi) is 10.9. The van der Waals surface area contributed by atoms with E-state index in [-0.39, 0.29) is 11.8 Å². The molecule has 13 nitrogen and oxygen atoms in total. The van der Waals surface area contributed by atoms with Crippen LogP contribution in [0.25, 0.3) is 0 Å². The maximum atomic E-state index is 12.6. The number of nitrogens with one attached hydrogen (secondary N) is 2. The Bertz CT molecular complexity index is 1300. The number of fused-ring (bicyclic) bond motifs is 2. The van der Waals surface area contributed by atoms with Crippen molar-refractivity contribution in [3.8, 4) is 0 Å². The minimum Gasteiger partial charge on any atom is -0.390 e. The number of carbonyl (C=O) groups excluding carboxylic acids is 3. The van der Waals surface area contributed by atoms with E-state index in [1.807, 2.05) is 13.1 Å². The predicted molar refractivity (Wildman–Crippen MR) is 162 cm³/mol. The van der Waals surface area contributed by atoms with Crippen LogP contribution in [-0.4, -0.2) is 162 Å². The molecule has 2 aromatic rings. The molecule has 6 heterocycles. The zero-order valence-electron chi connectivity index (χ0n) is 25.8. The summed E-state index contributed by atoms with van der Waals surface area (Å²) in [6, 6.07) is 0. The van der Waals surface area contributed by atoms with Crippen molar-refractivity contribution < 1.29 is 34.1 Å². The monoisotopic (exact) mass is 614 g/mol. The highest BCUT2D eigenvalue weighted by Gasteiger charge is 2.31. The van der Waals surface area contributed by atoms with Gasteiger partial charge < -0.3 is 39.5 Å². The van der Waals surface area contributed by atoms with Crippen molar-refractivity contribution in [2.45, 2.75) is 38.9 Å². The van der Waals surface area contributed by atoms with Crippen LogP contribution in [0.4, 0.5) is 0 Å². The van der Waals surface area contributed by atoms with Crippen LogP contribution in [0.5, 0.6) is 0 Å². The number of nitrogens with zero attached hydrogens (tertiary/aromatic N) is 4. The molecule has 6 rings (SSSR count). The molecule has 13 heteroatoms. The smallest absolute Gasteiger partial charge is 0.256 e. The Morgan fingerprint density at radius 2 is 1.27 bits per heavy atom. The number of aliphatic hydroxyl groups is 2. The molecular formula is C31H46N6O7. The SMILES string of the molecule is Cc1c(C=O)[nH]c2c1C(=O)N(CC(O)CN1CCOCC1)CC2.Cc1c[nH]c2c1C(=O)N(CC(O)CN1CCOCC1)CC2. The lowest BCUT2D eigenvalue weighted by Gasteiger charge is -2.32. The molecule has 0 aromatic carbocycles. The molecule has 0 radical (unpaired) electrons. The average molecular weight is 615 g/mol. The fraction of sp³-hybridized carbons (Fsp3) is 0.645. The molecular weight excluding hydrogens is 568 g/mol. The van der Waals surface area contributed by atoms with Gasteiger partial charge in [-0.3, -0.25) is 24.2 Å². The first-order valence-corrected chi connectivity index (χ1v) is 15.6. The lowest BCUT2D eigenvalue weighted by molar-refractivity contribution is 0.00675. The van der Waals surface area contributed by atoms with Gasteiger partial charge in [0.25, 0.3) is 11.8 Å². The summed E-state index contributed by atoms with van der Waals surface area (Å²) in [5, 5.41) is 20.6. The van der Waals surface area contributed by atoms with E-state index in [0.29, 0.717) is 75.7 Å².